The zero-order valence-corrected chi connectivity index (χ0v) is 14.9. The van der Waals surface area contributed by atoms with Gasteiger partial charge in [0, 0.05) is 17.5 Å². The number of thiophene rings is 1. The second-order valence-corrected chi connectivity index (χ2v) is 7.52. The molecule has 0 aliphatic rings. The van der Waals surface area contributed by atoms with Gasteiger partial charge >= 0.3 is 0 Å². The number of aliphatic hydroxyl groups excluding tert-OH is 1. The highest BCUT2D eigenvalue weighted by Gasteiger charge is 2.22. The predicted octanol–water partition coefficient (Wildman–Crippen LogP) is 3.65. The van der Waals surface area contributed by atoms with Gasteiger partial charge in [-0.1, -0.05) is 13.8 Å². The molecule has 4 nitrogen and oxygen atoms in total. The van der Waals surface area contributed by atoms with Gasteiger partial charge in [-0.05, 0) is 49.3 Å². The Morgan fingerprint density at radius 1 is 1.39 bits per heavy atom. The van der Waals surface area contributed by atoms with E-state index in [1.165, 1.54) is 0 Å². The van der Waals surface area contributed by atoms with Crippen LogP contribution in [0.3, 0.4) is 0 Å². The first-order valence-corrected chi connectivity index (χ1v) is 8.69. The van der Waals surface area contributed by atoms with E-state index in [9.17, 15) is 9.90 Å². The standard InChI is InChI=1S/C18H24N2O2S/c1-12(21)9-18(3,4)11-19-17(22)15-5-6-16(20-13(15)2)14-7-8-23-10-14/h5-8,10,12,21H,9,11H2,1-4H3,(H,19,22). The molecule has 1 amide bonds. The van der Waals surface area contributed by atoms with Crippen molar-refractivity contribution in [2.45, 2.75) is 40.2 Å². The van der Waals surface area contributed by atoms with Gasteiger partial charge in [0.05, 0.1) is 23.1 Å². The van der Waals surface area contributed by atoms with E-state index in [1.807, 2.05) is 49.7 Å². The monoisotopic (exact) mass is 332 g/mol. The molecule has 0 saturated carbocycles. The number of carbonyl (C=O) groups is 1. The molecule has 0 saturated heterocycles. The smallest absolute Gasteiger partial charge is 0.253 e. The van der Waals surface area contributed by atoms with E-state index in [1.54, 1.807) is 18.3 Å². The van der Waals surface area contributed by atoms with E-state index < -0.39 is 0 Å². The number of aliphatic hydroxyl groups is 1. The van der Waals surface area contributed by atoms with Crippen molar-refractivity contribution in [3.63, 3.8) is 0 Å². The van der Waals surface area contributed by atoms with Crippen LogP contribution in [0.25, 0.3) is 11.3 Å². The molecule has 0 radical (unpaired) electrons. The van der Waals surface area contributed by atoms with Gasteiger partial charge in [0.1, 0.15) is 0 Å². The normalized spacial score (nSPS) is 12.9. The Bertz CT molecular complexity index is 664. The van der Waals surface area contributed by atoms with Crippen molar-refractivity contribution in [2.24, 2.45) is 5.41 Å². The van der Waals surface area contributed by atoms with Crippen LogP contribution in [0.2, 0.25) is 0 Å². The van der Waals surface area contributed by atoms with Crippen LogP contribution >= 0.6 is 11.3 Å². The highest BCUT2D eigenvalue weighted by atomic mass is 32.1. The van der Waals surface area contributed by atoms with E-state index in [-0.39, 0.29) is 17.4 Å². The summed E-state index contributed by atoms with van der Waals surface area (Å²) in [6.07, 6.45) is 0.261. The Labute approximate surface area is 141 Å². The SMILES string of the molecule is Cc1nc(-c2ccsc2)ccc1C(=O)NCC(C)(C)CC(C)O. The number of nitrogens with zero attached hydrogens (tertiary/aromatic N) is 1. The summed E-state index contributed by atoms with van der Waals surface area (Å²) in [5.41, 5.74) is 3.12. The van der Waals surface area contributed by atoms with Gasteiger partial charge in [-0.15, -0.1) is 0 Å². The molecule has 2 N–H and O–H groups in total. The third-order valence-electron chi connectivity index (χ3n) is 3.72. The molecule has 0 aliphatic heterocycles. The fourth-order valence-electron chi connectivity index (χ4n) is 2.66. The maximum Gasteiger partial charge on any atom is 0.253 e. The Morgan fingerprint density at radius 3 is 2.70 bits per heavy atom. The average Bonchev–Trinajstić information content (AvgIpc) is 2.97. The van der Waals surface area contributed by atoms with E-state index in [2.05, 4.69) is 10.3 Å². The quantitative estimate of drug-likeness (QED) is 0.849. The van der Waals surface area contributed by atoms with Gasteiger partial charge in [0.2, 0.25) is 0 Å². The molecule has 124 valence electrons. The first-order chi connectivity index (χ1) is 10.8. The molecule has 5 heteroatoms. The molecule has 0 aliphatic carbocycles. The molecular formula is C18H24N2O2S. The molecule has 2 heterocycles. The van der Waals surface area contributed by atoms with E-state index in [4.69, 9.17) is 0 Å². The van der Waals surface area contributed by atoms with Gasteiger partial charge in [-0.25, -0.2) is 0 Å². The summed E-state index contributed by atoms with van der Waals surface area (Å²) >= 11 is 1.63. The Kier molecular flexibility index (Phi) is 5.55. The number of rotatable bonds is 6. The van der Waals surface area contributed by atoms with Crippen LogP contribution in [-0.2, 0) is 0 Å². The number of aryl methyl sites for hydroxylation is 1. The third kappa shape index (κ3) is 4.88. The summed E-state index contributed by atoms with van der Waals surface area (Å²) in [5, 5.41) is 16.5. The van der Waals surface area contributed by atoms with Crippen molar-refractivity contribution in [3.05, 3.63) is 40.2 Å². The summed E-state index contributed by atoms with van der Waals surface area (Å²) in [5.74, 6) is -0.120. The molecule has 2 rings (SSSR count). The molecule has 0 spiro atoms. The highest BCUT2D eigenvalue weighted by molar-refractivity contribution is 7.08. The van der Waals surface area contributed by atoms with Gasteiger partial charge in [-0.3, -0.25) is 9.78 Å². The lowest BCUT2D eigenvalue weighted by molar-refractivity contribution is 0.0901. The molecule has 2 aromatic heterocycles. The van der Waals surface area contributed by atoms with Crippen molar-refractivity contribution < 1.29 is 9.90 Å². The Morgan fingerprint density at radius 2 is 2.13 bits per heavy atom. The minimum Gasteiger partial charge on any atom is -0.393 e. The van der Waals surface area contributed by atoms with Gasteiger partial charge < -0.3 is 10.4 Å². The van der Waals surface area contributed by atoms with Gasteiger partial charge in [0.15, 0.2) is 0 Å². The Balaban J connectivity index is 2.05. The van der Waals surface area contributed by atoms with E-state index in [0.29, 0.717) is 18.5 Å². The lowest BCUT2D eigenvalue weighted by Crippen LogP contribution is -2.36. The van der Waals surface area contributed by atoms with Crippen LogP contribution in [0, 0.1) is 12.3 Å². The number of pyridine rings is 1. The second kappa shape index (κ2) is 7.23. The van der Waals surface area contributed by atoms with Crippen molar-refractivity contribution >= 4 is 17.2 Å². The minimum absolute atomic E-state index is 0.120. The van der Waals surface area contributed by atoms with Gasteiger partial charge in [0.25, 0.3) is 5.91 Å². The fraction of sp³-hybridized carbons (Fsp3) is 0.444. The topological polar surface area (TPSA) is 62.2 Å². The zero-order chi connectivity index (χ0) is 17.0. The number of hydrogen-bond acceptors (Lipinski definition) is 4. The number of hydrogen-bond donors (Lipinski definition) is 2. The van der Waals surface area contributed by atoms with Crippen LogP contribution in [0.15, 0.2) is 29.0 Å². The molecule has 0 bridgehead atoms. The largest absolute Gasteiger partial charge is 0.393 e. The van der Waals surface area contributed by atoms with Crippen molar-refractivity contribution in [2.75, 3.05) is 6.54 Å². The van der Waals surface area contributed by atoms with Gasteiger partial charge in [-0.2, -0.15) is 11.3 Å². The zero-order valence-electron chi connectivity index (χ0n) is 14.1. The summed E-state index contributed by atoms with van der Waals surface area (Å²) in [6.45, 7) is 8.20. The van der Waals surface area contributed by atoms with Crippen LogP contribution in [0.4, 0.5) is 0 Å². The van der Waals surface area contributed by atoms with Crippen molar-refractivity contribution in [1.82, 2.24) is 10.3 Å². The lowest BCUT2D eigenvalue weighted by atomic mass is 9.87. The van der Waals surface area contributed by atoms with Crippen LogP contribution in [-0.4, -0.2) is 28.6 Å². The fourth-order valence-corrected chi connectivity index (χ4v) is 3.31. The number of amides is 1. The molecule has 23 heavy (non-hydrogen) atoms. The second-order valence-electron chi connectivity index (χ2n) is 6.74. The molecule has 2 aromatic rings. The van der Waals surface area contributed by atoms with E-state index >= 15 is 0 Å². The highest BCUT2D eigenvalue weighted by Crippen LogP contribution is 2.23. The molecule has 0 aromatic carbocycles. The first-order valence-electron chi connectivity index (χ1n) is 7.75. The maximum atomic E-state index is 12.4. The molecular weight excluding hydrogens is 308 g/mol. The number of carbonyl (C=O) groups excluding carboxylic acids is 1. The summed E-state index contributed by atoms with van der Waals surface area (Å²) in [7, 11) is 0. The molecule has 1 unspecified atom stereocenters. The third-order valence-corrected chi connectivity index (χ3v) is 4.41. The summed E-state index contributed by atoms with van der Waals surface area (Å²) < 4.78 is 0. The van der Waals surface area contributed by atoms with Crippen LogP contribution < -0.4 is 5.32 Å². The maximum absolute atomic E-state index is 12.4. The Hall–Kier alpha value is -1.72. The number of aromatic nitrogens is 1. The average molecular weight is 332 g/mol. The van der Waals surface area contributed by atoms with Crippen LogP contribution in [0.1, 0.15) is 43.2 Å². The summed E-state index contributed by atoms with van der Waals surface area (Å²) in [4.78, 5) is 16.9. The van der Waals surface area contributed by atoms with Crippen LogP contribution in [0.5, 0.6) is 0 Å². The number of nitrogens with one attached hydrogen (secondary N) is 1. The van der Waals surface area contributed by atoms with Crippen molar-refractivity contribution in [3.8, 4) is 11.3 Å². The summed E-state index contributed by atoms with van der Waals surface area (Å²) in [6, 6.07) is 5.72. The first kappa shape index (κ1) is 17.6. The molecule has 1 atom stereocenters. The minimum atomic E-state index is -0.379. The molecule has 0 fully saturated rings. The van der Waals surface area contributed by atoms with Crippen molar-refractivity contribution in [1.29, 1.82) is 0 Å². The lowest BCUT2D eigenvalue weighted by Gasteiger charge is -2.26. The predicted molar refractivity (Wildman–Crippen MR) is 94.7 cm³/mol. The van der Waals surface area contributed by atoms with E-state index in [0.717, 1.165) is 17.0 Å².